The Morgan fingerprint density at radius 2 is 2.00 bits per heavy atom. The molecule has 1 aliphatic heterocycles. The van der Waals surface area contributed by atoms with Gasteiger partial charge >= 0.3 is 0 Å². The summed E-state index contributed by atoms with van der Waals surface area (Å²) in [6.45, 7) is 4.17. The number of nitrogens with zero attached hydrogens (tertiary/aromatic N) is 3. The van der Waals surface area contributed by atoms with Crippen molar-refractivity contribution >= 4 is 23.1 Å². The van der Waals surface area contributed by atoms with Crippen LogP contribution in [0.15, 0.2) is 36.4 Å². The van der Waals surface area contributed by atoms with Gasteiger partial charge in [-0.25, -0.2) is 0 Å². The third-order valence-electron chi connectivity index (χ3n) is 4.01. The highest BCUT2D eigenvalue weighted by molar-refractivity contribution is 6.04. The molecule has 0 atom stereocenters. The summed E-state index contributed by atoms with van der Waals surface area (Å²) in [5.74, 6) is 0.314. The van der Waals surface area contributed by atoms with Crippen molar-refractivity contribution in [1.29, 1.82) is 0 Å². The first-order chi connectivity index (χ1) is 12.8. The maximum Gasteiger partial charge on any atom is 0.276 e. The Hall–Kier alpha value is -2.71. The molecule has 8 heteroatoms. The molecule has 2 heterocycles. The average Bonchev–Trinajstić information content (AvgIpc) is 2.70. The third kappa shape index (κ3) is 4.68. The zero-order chi connectivity index (χ0) is 18.2. The van der Waals surface area contributed by atoms with Gasteiger partial charge in [-0.05, 0) is 24.3 Å². The van der Waals surface area contributed by atoms with Crippen molar-refractivity contribution in [3.8, 4) is 0 Å². The van der Waals surface area contributed by atoms with Crippen molar-refractivity contribution in [2.24, 2.45) is 0 Å². The Morgan fingerprint density at radius 3 is 2.73 bits per heavy atom. The topological polar surface area (TPSA) is 88.6 Å². The zero-order valence-electron chi connectivity index (χ0n) is 14.8. The standard InChI is InChI=1S/C18H23N5O3/c1-25-11-8-19-17-7-6-15(21-22-17)18(24)20-14-4-2-3-5-16(14)23-9-12-26-13-10-23/h2-7H,8-13H2,1H3,(H,19,22)(H,20,24). The number of morpholine rings is 1. The Kier molecular flexibility index (Phi) is 6.34. The zero-order valence-corrected chi connectivity index (χ0v) is 14.8. The molecule has 2 aromatic rings. The molecular formula is C18H23N5O3. The van der Waals surface area contributed by atoms with Crippen LogP contribution >= 0.6 is 0 Å². The second-order valence-corrected chi connectivity index (χ2v) is 5.79. The van der Waals surface area contributed by atoms with E-state index in [9.17, 15) is 4.79 Å². The summed E-state index contributed by atoms with van der Waals surface area (Å²) in [4.78, 5) is 14.7. The Labute approximate surface area is 152 Å². The van der Waals surface area contributed by atoms with Gasteiger partial charge in [-0.1, -0.05) is 12.1 Å². The number of benzene rings is 1. The molecule has 2 N–H and O–H groups in total. The van der Waals surface area contributed by atoms with E-state index in [1.54, 1.807) is 19.2 Å². The molecule has 0 saturated carbocycles. The second-order valence-electron chi connectivity index (χ2n) is 5.79. The van der Waals surface area contributed by atoms with Crippen molar-refractivity contribution in [3.05, 3.63) is 42.1 Å². The van der Waals surface area contributed by atoms with Crippen molar-refractivity contribution in [2.75, 3.05) is 62.1 Å². The molecule has 1 aromatic heterocycles. The third-order valence-corrected chi connectivity index (χ3v) is 4.01. The van der Waals surface area contributed by atoms with Crippen LogP contribution in [0.1, 0.15) is 10.5 Å². The van der Waals surface area contributed by atoms with Gasteiger partial charge in [0.05, 0.1) is 31.2 Å². The van der Waals surface area contributed by atoms with Gasteiger partial charge < -0.3 is 25.0 Å². The smallest absolute Gasteiger partial charge is 0.276 e. The molecule has 1 amide bonds. The number of amides is 1. The van der Waals surface area contributed by atoms with Gasteiger partial charge in [0.25, 0.3) is 5.91 Å². The minimum Gasteiger partial charge on any atom is -0.383 e. The number of para-hydroxylation sites is 2. The first-order valence-electron chi connectivity index (χ1n) is 8.57. The van der Waals surface area contributed by atoms with Gasteiger partial charge in [0, 0.05) is 26.7 Å². The summed E-state index contributed by atoms with van der Waals surface area (Å²) in [5, 5.41) is 14.0. The minimum absolute atomic E-state index is 0.263. The van der Waals surface area contributed by atoms with E-state index >= 15 is 0 Å². The lowest BCUT2D eigenvalue weighted by Crippen LogP contribution is -2.36. The quantitative estimate of drug-likeness (QED) is 0.728. The first-order valence-corrected chi connectivity index (χ1v) is 8.57. The van der Waals surface area contributed by atoms with E-state index in [2.05, 4.69) is 25.7 Å². The molecule has 0 radical (unpaired) electrons. The largest absolute Gasteiger partial charge is 0.383 e. The maximum absolute atomic E-state index is 12.5. The van der Waals surface area contributed by atoms with E-state index in [0.29, 0.717) is 32.2 Å². The molecule has 1 saturated heterocycles. The summed E-state index contributed by atoms with van der Waals surface area (Å²) in [5.41, 5.74) is 2.00. The van der Waals surface area contributed by atoms with Crippen LogP contribution in [0.5, 0.6) is 0 Å². The minimum atomic E-state index is -0.290. The number of methoxy groups -OCH3 is 1. The highest BCUT2D eigenvalue weighted by atomic mass is 16.5. The van der Waals surface area contributed by atoms with Crippen molar-refractivity contribution in [1.82, 2.24) is 10.2 Å². The number of rotatable bonds is 7. The van der Waals surface area contributed by atoms with E-state index in [-0.39, 0.29) is 11.6 Å². The monoisotopic (exact) mass is 357 g/mol. The molecular weight excluding hydrogens is 334 g/mol. The van der Waals surface area contributed by atoms with E-state index in [1.807, 2.05) is 24.3 Å². The molecule has 0 spiro atoms. The van der Waals surface area contributed by atoms with Crippen LogP contribution in [-0.2, 0) is 9.47 Å². The number of anilines is 3. The predicted molar refractivity (Wildman–Crippen MR) is 99.8 cm³/mol. The van der Waals surface area contributed by atoms with E-state index in [4.69, 9.17) is 9.47 Å². The summed E-state index contributed by atoms with van der Waals surface area (Å²) >= 11 is 0. The fraction of sp³-hybridized carbons (Fsp3) is 0.389. The molecule has 26 heavy (non-hydrogen) atoms. The lowest BCUT2D eigenvalue weighted by Gasteiger charge is -2.30. The van der Waals surface area contributed by atoms with Crippen molar-refractivity contribution in [2.45, 2.75) is 0 Å². The molecule has 1 aromatic carbocycles. The summed E-state index contributed by atoms with van der Waals surface area (Å²) in [6.07, 6.45) is 0. The van der Waals surface area contributed by atoms with Crippen LogP contribution in [0.25, 0.3) is 0 Å². The van der Waals surface area contributed by atoms with Gasteiger partial charge in [0.1, 0.15) is 5.82 Å². The molecule has 8 nitrogen and oxygen atoms in total. The van der Waals surface area contributed by atoms with Gasteiger partial charge in [-0.2, -0.15) is 0 Å². The SMILES string of the molecule is COCCNc1ccc(C(=O)Nc2ccccc2N2CCOCC2)nn1. The number of hydrogen-bond acceptors (Lipinski definition) is 7. The van der Waals surface area contributed by atoms with E-state index in [0.717, 1.165) is 24.5 Å². The molecule has 138 valence electrons. The lowest BCUT2D eigenvalue weighted by molar-refractivity contribution is 0.102. The normalized spacial score (nSPS) is 14.1. The van der Waals surface area contributed by atoms with Crippen molar-refractivity contribution < 1.29 is 14.3 Å². The van der Waals surface area contributed by atoms with Crippen LogP contribution in [0.2, 0.25) is 0 Å². The van der Waals surface area contributed by atoms with Crippen LogP contribution in [0, 0.1) is 0 Å². The molecule has 0 unspecified atom stereocenters. The van der Waals surface area contributed by atoms with Gasteiger partial charge in [-0.3, -0.25) is 4.79 Å². The van der Waals surface area contributed by atoms with Gasteiger partial charge in [-0.15, -0.1) is 10.2 Å². The van der Waals surface area contributed by atoms with Crippen LogP contribution in [-0.4, -0.2) is 62.7 Å². The average molecular weight is 357 g/mol. The highest BCUT2D eigenvalue weighted by Gasteiger charge is 2.17. The van der Waals surface area contributed by atoms with Gasteiger partial charge in [0.2, 0.25) is 0 Å². The lowest BCUT2D eigenvalue weighted by atomic mass is 10.2. The number of carbonyl (C=O) groups is 1. The number of nitrogens with one attached hydrogen (secondary N) is 2. The maximum atomic E-state index is 12.5. The Bertz CT molecular complexity index is 717. The molecule has 3 rings (SSSR count). The summed E-state index contributed by atoms with van der Waals surface area (Å²) < 4.78 is 10.4. The Morgan fingerprint density at radius 1 is 1.19 bits per heavy atom. The van der Waals surface area contributed by atoms with Crippen molar-refractivity contribution in [3.63, 3.8) is 0 Å². The van der Waals surface area contributed by atoms with E-state index < -0.39 is 0 Å². The molecule has 1 aliphatic rings. The number of ether oxygens (including phenoxy) is 2. The van der Waals surface area contributed by atoms with Crippen LogP contribution in [0.3, 0.4) is 0 Å². The number of aromatic nitrogens is 2. The predicted octanol–water partition coefficient (Wildman–Crippen LogP) is 1.62. The van der Waals surface area contributed by atoms with E-state index in [1.165, 1.54) is 0 Å². The molecule has 0 aliphatic carbocycles. The summed E-state index contributed by atoms with van der Waals surface area (Å²) in [6, 6.07) is 11.1. The van der Waals surface area contributed by atoms with Crippen LogP contribution < -0.4 is 15.5 Å². The van der Waals surface area contributed by atoms with Gasteiger partial charge in [0.15, 0.2) is 5.69 Å². The number of hydrogen-bond donors (Lipinski definition) is 2. The molecule has 1 fully saturated rings. The summed E-state index contributed by atoms with van der Waals surface area (Å²) in [7, 11) is 1.63. The fourth-order valence-corrected chi connectivity index (χ4v) is 2.67. The number of carbonyl (C=O) groups excluding carboxylic acids is 1. The van der Waals surface area contributed by atoms with Crippen LogP contribution in [0.4, 0.5) is 17.2 Å². The molecule has 0 bridgehead atoms. The fourth-order valence-electron chi connectivity index (χ4n) is 2.67. The second kappa shape index (κ2) is 9.12. The first kappa shape index (κ1) is 18.1. The Balaban J connectivity index is 1.66. The highest BCUT2D eigenvalue weighted by Crippen LogP contribution is 2.26.